The quantitative estimate of drug-likeness (QED) is 0.407. The van der Waals surface area contributed by atoms with Gasteiger partial charge in [0.15, 0.2) is 0 Å². The number of nitrogens with two attached hydrogens (primary N) is 1. The van der Waals surface area contributed by atoms with E-state index >= 15 is 0 Å². The average Bonchev–Trinajstić information content (AvgIpc) is 2.59. The van der Waals surface area contributed by atoms with Gasteiger partial charge >= 0.3 is 16.3 Å². The van der Waals surface area contributed by atoms with Crippen molar-refractivity contribution < 1.29 is 17.9 Å². The van der Waals surface area contributed by atoms with Gasteiger partial charge in [-0.2, -0.15) is 13.5 Å². The van der Waals surface area contributed by atoms with Crippen LogP contribution in [0.5, 0.6) is 0 Å². The third-order valence-corrected chi connectivity index (χ3v) is 2.85. The van der Waals surface area contributed by atoms with Crippen molar-refractivity contribution in [3.63, 3.8) is 0 Å². The van der Waals surface area contributed by atoms with Crippen molar-refractivity contribution in [3.05, 3.63) is 11.8 Å². The van der Waals surface area contributed by atoms with E-state index in [0.29, 0.717) is 0 Å². The zero-order valence-corrected chi connectivity index (χ0v) is 11.1. The minimum absolute atomic E-state index is 0.0335. The Morgan fingerprint density at radius 1 is 1.63 bits per heavy atom. The predicted molar refractivity (Wildman–Crippen MR) is 66.9 cm³/mol. The molecule has 0 fully saturated rings. The number of amidine groups is 1. The van der Waals surface area contributed by atoms with E-state index in [1.165, 1.54) is 24.9 Å². The maximum Gasteiger partial charge on any atom is 0.422 e. The number of nitrogens with one attached hydrogen (secondary N) is 3. The standard InChI is InChI=1S/C8H14N6O4S/c1-3-18-8(15)13-19(16,17)12-7-5(6(9)10)4-11-14(7)2/h4,12H,3H2,1-2H3,(H3,9,10)(H,13,15). The van der Waals surface area contributed by atoms with E-state index in [2.05, 4.69) is 9.84 Å². The fraction of sp³-hybridized carbons (Fsp3) is 0.375. The van der Waals surface area contributed by atoms with Crippen LogP contribution in [0.2, 0.25) is 0 Å². The van der Waals surface area contributed by atoms with Crippen LogP contribution < -0.4 is 15.2 Å². The molecule has 0 radical (unpaired) electrons. The largest absolute Gasteiger partial charge is 0.449 e. The number of ether oxygens (including phenoxy) is 1. The van der Waals surface area contributed by atoms with Gasteiger partial charge in [0.05, 0.1) is 18.4 Å². The number of nitrogens with zero attached hydrogens (tertiary/aromatic N) is 2. The number of hydrogen-bond donors (Lipinski definition) is 4. The van der Waals surface area contributed by atoms with Crippen LogP contribution in [-0.4, -0.2) is 36.7 Å². The minimum atomic E-state index is -4.19. The van der Waals surface area contributed by atoms with E-state index in [9.17, 15) is 13.2 Å². The number of rotatable bonds is 5. The van der Waals surface area contributed by atoms with Crippen LogP contribution in [-0.2, 0) is 22.0 Å². The smallest absolute Gasteiger partial charge is 0.422 e. The summed E-state index contributed by atoms with van der Waals surface area (Å²) in [6.07, 6.45) is 0.117. The summed E-state index contributed by atoms with van der Waals surface area (Å²) in [6, 6.07) is 0. The van der Waals surface area contributed by atoms with Crippen molar-refractivity contribution in [3.8, 4) is 0 Å². The Morgan fingerprint density at radius 3 is 2.79 bits per heavy atom. The molecule has 19 heavy (non-hydrogen) atoms. The number of anilines is 1. The second-order valence-electron chi connectivity index (χ2n) is 3.37. The molecule has 0 aliphatic rings. The van der Waals surface area contributed by atoms with E-state index in [-0.39, 0.29) is 23.8 Å². The predicted octanol–water partition coefficient (Wildman–Crippen LogP) is -0.893. The van der Waals surface area contributed by atoms with Crippen LogP contribution in [0.25, 0.3) is 0 Å². The maximum absolute atomic E-state index is 11.6. The highest BCUT2D eigenvalue weighted by Gasteiger charge is 2.20. The van der Waals surface area contributed by atoms with Gasteiger partial charge in [0.2, 0.25) is 0 Å². The monoisotopic (exact) mass is 290 g/mol. The molecule has 5 N–H and O–H groups in total. The first kappa shape index (κ1) is 14.8. The second-order valence-corrected chi connectivity index (χ2v) is 4.79. The highest BCUT2D eigenvalue weighted by atomic mass is 32.2. The van der Waals surface area contributed by atoms with Crippen molar-refractivity contribution >= 4 is 28.0 Å². The topological polar surface area (TPSA) is 152 Å². The molecular formula is C8H14N6O4S. The molecular weight excluding hydrogens is 276 g/mol. The van der Waals surface area contributed by atoms with Crippen molar-refractivity contribution in [1.82, 2.24) is 14.5 Å². The minimum Gasteiger partial charge on any atom is -0.449 e. The van der Waals surface area contributed by atoms with Gasteiger partial charge in [-0.3, -0.25) is 10.1 Å². The summed E-state index contributed by atoms with van der Waals surface area (Å²) in [5, 5.41) is 11.0. The zero-order valence-electron chi connectivity index (χ0n) is 10.3. The normalized spacial score (nSPS) is 10.8. The summed E-state index contributed by atoms with van der Waals surface area (Å²) in [5.74, 6) is -0.397. The Kier molecular flexibility index (Phi) is 4.32. The van der Waals surface area contributed by atoms with E-state index < -0.39 is 16.3 Å². The molecule has 11 heteroatoms. The first-order valence-electron chi connectivity index (χ1n) is 5.10. The first-order chi connectivity index (χ1) is 8.76. The molecule has 1 aromatic rings. The molecule has 1 rings (SSSR count). The molecule has 106 valence electrons. The summed E-state index contributed by atoms with van der Waals surface area (Å²) in [4.78, 5) is 11.0. The second kappa shape index (κ2) is 5.56. The van der Waals surface area contributed by atoms with Crippen molar-refractivity contribution in [2.45, 2.75) is 6.92 Å². The average molecular weight is 290 g/mol. The fourth-order valence-electron chi connectivity index (χ4n) is 1.18. The van der Waals surface area contributed by atoms with Gasteiger partial charge in [0.1, 0.15) is 11.7 Å². The Labute approximate surface area is 109 Å². The van der Waals surface area contributed by atoms with Crippen LogP contribution in [0.3, 0.4) is 0 Å². The molecule has 0 aromatic carbocycles. The number of nitrogen functional groups attached to an aromatic ring is 1. The zero-order chi connectivity index (χ0) is 14.6. The summed E-state index contributed by atoms with van der Waals surface area (Å²) < 4.78 is 32.6. The number of hydrogen-bond acceptors (Lipinski definition) is 6. The van der Waals surface area contributed by atoms with Gasteiger partial charge in [-0.15, -0.1) is 0 Å². The number of aromatic nitrogens is 2. The van der Waals surface area contributed by atoms with E-state index in [0.717, 1.165) is 0 Å². The molecule has 0 atom stereocenters. The lowest BCUT2D eigenvalue weighted by molar-refractivity contribution is 0.159. The molecule has 0 aliphatic carbocycles. The van der Waals surface area contributed by atoms with Gasteiger partial charge in [-0.1, -0.05) is 0 Å². The van der Waals surface area contributed by atoms with Gasteiger partial charge in [0.25, 0.3) is 0 Å². The summed E-state index contributed by atoms with van der Waals surface area (Å²) in [7, 11) is -2.74. The molecule has 0 unspecified atom stereocenters. The Morgan fingerprint density at radius 2 is 2.26 bits per heavy atom. The summed E-state index contributed by atoms with van der Waals surface area (Å²) in [6.45, 7) is 1.57. The Hall–Kier alpha value is -2.30. The molecule has 1 aromatic heterocycles. The van der Waals surface area contributed by atoms with Gasteiger partial charge < -0.3 is 10.5 Å². The third-order valence-electron chi connectivity index (χ3n) is 1.95. The maximum atomic E-state index is 11.6. The van der Waals surface area contributed by atoms with Gasteiger partial charge in [-0.25, -0.2) is 14.2 Å². The highest BCUT2D eigenvalue weighted by molar-refractivity contribution is 7.91. The molecule has 10 nitrogen and oxygen atoms in total. The number of aryl methyl sites for hydroxylation is 1. The fourth-order valence-corrected chi connectivity index (χ4v) is 2.00. The van der Waals surface area contributed by atoms with E-state index in [1.54, 1.807) is 4.72 Å². The van der Waals surface area contributed by atoms with Crippen molar-refractivity contribution in [1.29, 1.82) is 5.41 Å². The summed E-state index contributed by atoms with van der Waals surface area (Å²) in [5.41, 5.74) is 5.37. The van der Waals surface area contributed by atoms with Gasteiger partial charge in [0, 0.05) is 7.05 Å². The lowest BCUT2D eigenvalue weighted by Gasteiger charge is -2.10. The van der Waals surface area contributed by atoms with Crippen molar-refractivity contribution in [2.75, 3.05) is 11.3 Å². The summed E-state index contributed by atoms with van der Waals surface area (Å²) >= 11 is 0. The van der Waals surface area contributed by atoms with Crippen LogP contribution in [0.1, 0.15) is 12.5 Å². The molecule has 0 saturated heterocycles. The van der Waals surface area contributed by atoms with Crippen LogP contribution >= 0.6 is 0 Å². The van der Waals surface area contributed by atoms with E-state index in [4.69, 9.17) is 11.1 Å². The first-order valence-corrected chi connectivity index (χ1v) is 6.59. The molecule has 0 saturated carbocycles. The molecule has 1 amide bonds. The van der Waals surface area contributed by atoms with Crippen LogP contribution in [0.4, 0.5) is 10.6 Å². The van der Waals surface area contributed by atoms with Gasteiger partial charge in [-0.05, 0) is 6.92 Å². The molecule has 0 spiro atoms. The lowest BCUT2D eigenvalue weighted by atomic mass is 10.3. The Balaban J connectivity index is 2.93. The SMILES string of the molecule is CCOC(=O)NS(=O)(=O)Nc1c(C(=N)N)cnn1C. The molecule has 0 aliphatic heterocycles. The lowest BCUT2D eigenvalue weighted by Crippen LogP contribution is -2.36. The number of carbonyl (C=O) groups excluding carboxylic acids is 1. The highest BCUT2D eigenvalue weighted by Crippen LogP contribution is 2.14. The molecule has 0 bridgehead atoms. The number of amides is 1. The van der Waals surface area contributed by atoms with Crippen LogP contribution in [0, 0.1) is 5.41 Å². The number of carbonyl (C=O) groups is 1. The van der Waals surface area contributed by atoms with E-state index in [1.807, 2.05) is 4.72 Å². The van der Waals surface area contributed by atoms with Crippen molar-refractivity contribution in [2.24, 2.45) is 12.8 Å². The third kappa shape index (κ3) is 3.84. The van der Waals surface area contributed by atoms with Crippen LogP contribution in [0.15, 0.2) is 6.20 Å². The molecule has 1 heterocycles. The Bertz CT molecular complexity index is 592.